The van der Waals surface area contributed by atoms with Gasteiger partial charge in [-0.15, -0.1) is 0 Å². The Bertz CT molecular complexity index is 592. The maximum Gasteiger partial charge on any atom is 0.334 e. The molecule has 0 amide bonds. The summed E-state index contributed by atoms with van der Waals surface area (Å²) >= 11 is 4.07. The van der Waals surface area contributed by atoms with Crippen molar-refractivity contribution in [1.82, 2.24) is 0 Å². The quantitative estimate of drug-likeness (QED) is 0.241. The monoisotopic (exact) mass is 554 g/mol. The van der Waals surface area contributed by atoms with Gasteiger partial charge in [0.25, 0.3) is 0 Å². The second-order valence-corrected chi connectivity index (χ2v) is 8.83. The first-order chi connectivity index (χ1) is 10.1. The average molecular weight is 554 g/mol. The third-order valence-corrected chi connectivity index (χ3v) is 7.17. The Morgan fingerprint density at radius 3 is 2.05 bits per heavy atom. The van der Waals surface area contributed by atoms with Crippen molar-refractivity contribution in [2.24, 2.45) is 0 Å². The third kappa shape index (κ3) is 4.70. The molecule has 10 heteroatoms. The molecule has 4 N–H and O–H groups in total. The Morgan fingerprint density at radius 2 is 1.68 bits per heavy atom. The smallest absolute Gasteiger partial charge is 0.334 e. The van der Waals surface area contributed by atoms with Gasteiger partial charge in [-0.1, -0.05) is 0 Å². The zero-order chi connectivity index (χ0) is 17.1. The van der Waals surface area contributed by atoms with E-state index in [-0.39, 0.29) is 6.16 Å². The van der Waals surface area contributed by atoms with Gasteiger partial charge in [-0.05, 0) is 51.2 Å². The second-order valence-electron chi connectivity index (χ2n) is 4.35. The van der Waals surface area contributed by atoms with Crippen LogP contribution in [0.2, 0.25) is 0 Å². The lowest BCUT2D eigenvalue weighted by molar-refractivity contribution is -0.145. The molecule has 0 bridgehead atoms. The summed E-state index contributed by atoms with van der Waals surface area (Å²) in [7, 11) is -0.841. The number of nitrogens with two attached hydrogens (primary N) is 2. The third-order valence-electron chi connectivity index (χ3n) is 2.87. The molecule has 0 aromatic heterocycles. The van der Waals surface area contributed by atoms with Crippen LogP contribution in [0.15, 0.2) is 6.07 Å². The van der Waals surface area contributed by atoms with E-state index >= 15 is 0 Å². The van der Waals surface area contributed by atoms with Crippen LogP contribution in [-0.2, 0) is 23.1 Å². The largest absolute Gasteiger partial charge is 0.457 e. The van der Waals surface area contributed by atoms with Gasteiger partial charge >= 0.3 is 13.6 Å². The van der Waals surface area contributed by atoms with Gasteiger partial charge in [0.15, 0.2) is 0 Å². The van der Waals surface area contributed by atoms with Crippen molar-refractivity contribution in [3.63, 3.8) is 0 Å². The SMILES string of the molecule is COP(=O)(CC(OC(C)=O)c1c(I)c(N)cc(N)c1I)OC. The summed E-state index contributed by atoms with van der Waals surface area (Å²) in [5.74, 6) is -0.517. The summed E-state index contributed by atoms with van der Waals surface area (Å²) in [5, 5.41) is 0. The number of nitrogen functional groups attached to an aromatic ring is 2. The van der Waals surface area contributed by atoms with E-state index in [1.807, 2.05) is 45.2 Å². The van der Waals surface area contributed by atoms with E-state index < -0.39 is 19.7 Å². The molecular formula is C12H17I2N2O5P. The van der Waals surface area contributed by atoms with Gasteiger partial charge in [0.1, 0.15) is 6.10 Å². The van der Waals surface area contributed by atoms with Crippen molar-refractivity contribution in [1.29, 1.82) is 0 Å². The molecule has 0 aliphatic carbocycles. The molecule has 1 aromatic carbocycles. The molecule has 0 radical (unpaired) electrons. The summed E-state index contributed by atoms with van der Waals surface area (Å²) in [6.45, 7) is 1.27. The van der Waals surface area contributed by atoms with E-state index in [2.05, 4.69) is 0 Å². The van der Waals surface area contributed by atoms with Gasteiger partial charge < -0.3 is 25.3 Å². The molecule has 0 saturated heterocycles. The van der Waals surface area contributed by atoms with E-state index in [9.17, 15) is 9.36 Å². The van der Waals surface area contributed by atoms with Crippen LogP contribution in [0.4, 0.5) is 11.4 Å². The number of hydrogen-bond donors (Lipinski definition) is 2. The molecule has 0 fully saturated rings. The molecule has 7 nitrogen and oxygen atoms in total. The lowest BCUT2D eigenvalue weighted by Gasteiger charge is -2.24. The molecule has 1 unspecified atom stereocenters. The predicted octanol–water partition coefficient (Wildman–Crippen LogP) is 3.15. The summed E-state index contributed by atoms with van der Waals surface area (Å²) in [5.41, 5.74) is 13.4. The first-order valence-corrected chi connectivity index (χ1v) is 9.94. The van der Waals surface area contributed by atoms with Crippen LogP contribution in [0.3, 0.4) is 0 Å². The van der Waals surface area contributed by atoms with E-state index in [0.29, 0.717) is 24.1 Å². The number of anilines is 2. The van der Waals surface area contributed by atoms with Gasteiger partial charge in [-0.3, -0.25) is 9.36 Å². The number of benzene rings is 1. The first-order valence-electron chi connectivity index (χ1n) is 6.05. The number of esters is 1. The van der Waals surface area contributed by atoms with Crippen LogP contribution >= 0.6 is 52.8 Å². The molecule has 22 heavy (non-hydrogen) atoms. The highest BCUT2D eigenvalue weighted by Crippen LogP contribution is 2.51. The van der Waals surface area contributed by atoms with Crippen LogP contribution in [0, 0.1) is 7.14 Å². The molecule has 124 valence electrons. The van der Waals surface area contributed by atoms with Crippen molar-refractivity contribution in [3.05, 3.63) is 18.8 Å². The first kappa shape index (κ1) is 19.9. The molecule has 0 aliphatic heterocycles. The summed E-state index contributed by atoms with van der Waals surface area (Å²) < 4.78 is 29.0. The highest BCUT2D eigenvalue weighted by molar-refractivity contribution is 14.1. The van der Waals surface area contributed by atoms with Gasteiger partial charge in [-0.2, -0.15) is 0 Å². The van der Waals surface area contributed by atoms with Crippen LogP contribution in [-0.4, -0.2) is 26.4 Å². The molecule has 0 aliphatic rings. The summed E-state index contributed by atoms with van der Waals surface area (Å²) in [4.78, 5) is 11.4. The Hall–Kier alpha value is -0.100. The van der Waals surface area contributed by atoms with Gasteiger partial charge in [0.2, 0.25) is 0 Å². The molecule has 0 spiro atoms. The summed E-state index contributed by atoms with van der Waals surface area (Å²) in [6, 6.07) is 1.63. The number of carbonyl (C=O) groups is 1. The second kappa shape index (κ2) is 8.13. The fraction of sp³-hybridized carbons (Fsp3) is 0.417. The highest BCUT2D eigenvalue weighted by Gasteiger charge is 2.33. The Balaban J connectivity index is 3.41. The summed E-state index contributed by atoms with van der Waals surface area (Å²) in [6.07, 6.45) is -0.970. The van der Waals surface area contributed by atoms with Crippen LogP contribution in [0.25, 0.3) is 0 Å². The number of ether oxygens (including phenoxy) is 1. The molecule has 1 rings (SSSR count). The number of halogens is 2. The Labute approximate surface area is 156 Å². The molecule has 1 atom stereocenters. The Morgan fingerprint density at radius 1 is 1.23 bits per heavy atom. The average Bonchev–Trinajstić information content (AvgIpc) is 2.44. The molecule has 0 saturated carbocycles. The van der Waals surface area contributed by atoms with E-state index in [4.69, 9.17) is 25.3 Å². The van der Waals surface area contributed by atoms with E-state index in [1.165, 1.54) is 21.1 Å². The van der Waals surface area contributed by atoms with Crippen LogP contribution in [0.1, 0.15) is 18.6 Å². The minimum absolute atomic E-state index is 0.130. The number of hydrogen-bond acceptors (Lipinski definition) is 7. The van der Waals surface area contributed by atoms with Gasteiger partial charge in [-0.25, -0.2) is 0 Å². The fourth-order valence-corrected chi connectivity index (χ4v) is 4.97. The lowest BCUT2D eigenvalue weighted by Crippen LogP contribution is -2.18. The van der Waals surface area contributed by atoms with Gasteiger partial charge in [0, 0.05) is 45.2 Å². The molecule has 1 aromatic rings. The van der Waals surface area contributed by atoms with Crippen molar-refractivity contribution in [3.8, 4) is 0 Å². The fourth-order valence-electron chi connectivity index (χ4n) is 1.80. The minimum atomic E-state index is -3.39. The molecular weight excluding hydrogens is 537 g/mol. The zero-order valence-corrected chi connectivity index (χ0v) is 17.5. The van der Waals surface area contributed by atoms with Crippen molar-refractivity contribution in [2.45, 2.75) is 13.0 Å². The normalized spacial score (nSPS) is 13.0. The zero-order valence-electron chi connectivity index (χ0n) is 12.3. The maximum absolute atomic E-state index is 12.4. The van der Waals surface area contributed by atoms with Crippen LogP contribution < -0.4 is 11.5 Å². The van der Waals surface area contributed by atoms with Crippen LogP contribution in [0.5, 0.6) is 0 Å². The van der Waals surface area contributed by atoms with Gasteiger partial charge in [0.05, 0.1) is 6.16 Å². The minimum Gasteiger partial charge on any atom is -0.457 e. The molecule has 0 heterocycles. The highest BCUT2D eigenvalue weighted by atomic mass is 127. The maximum atomic E-state index is 12.4. The van der Waals surface area contributed by atoms with Crippen molar-refractivity contribution < 1.29 is 23.1 Å². The lowest BCUT2D eigenvalue weighted by atomic mass is 10.1. The number of rotatable bonds is 6. The van der Waals surface area contributed by atoms with E-state index in [1.54, 1.807) is 6.07 Å². The van der Waals surface area contributed by atoms with Crippen molar-refractivity contribution >= 4 is 70.1 Å². The topological polar surface area (TPSA) is 114 Å². The standard InChI is InChI=1S/C12H17I2N2O5P/c1-6(17)21-9(5-22(18,19-2)20-3)10-11(13)7(15)4-8(16)12(10)14/h4,9H,5,15-16H2,1-3H3. The number of carbonyl (C=O) groups excluding carboxylic acids is 1. The Kier molecular flexibility index (Phi) is 7.37. The predicted molar refractivity (Wildman–Crippen MR) is 102 cm³/mol. The van der Waals surface area contributed by atoms with E-state index in [0.717, 1.165) is 0 Å². The van der Waals surface area contributed by atoms with Crippen molar-refractivity contribution in [2.75, 3.05) is 31.8 Å².